The smallest absolute Gasteiger partial charge is 0.250 e. The second-order valence-electron chi connectivity index (χ2n) is 10.7. The summed E-state index contributed by atoms with van der Waals surface area (Å²) in [6, 6.07) is 5.83. The van der Waals surface area contributed by atoms with Crippen LogP contribution in [0.4, 0.5) is 4.39 Å². The van der Waals surface area contributed by atoms with Crippen molar-refractivity contribution in [1.82, 2.24) is 20.9 Å². The van der Waals surface area contributed by atoms with Crippen LogP contribution >= 0.6 is 0 Å². The summed E-state index contributed by atoms with van der Waals surface area (Å²) in [5, 5.41) is 6.75. The van der Waals surface area contributed by atoms with Gasteiger partial charge in [-0.1, -0.05) is 36.8 Å². The quantitative estimate of drug-likeness (QED) is 0.415. The predicted molar refractivity (Wildman–Crippen MR) is 141 cm³/mol. The Morgan fingerprint density at radius 1 is 1.15 bits per heavy atom. The van der Waals surface area contributed by atoms with Gasteiger partial charge in [0.2, 0.25) is 32.7 Å². The van der Waals surface area contributed by atoms with Crippen molar-refractivity contribution in [3.63, 3.8) is 0 Å². The van der Waals surface area contributed by atoms with Crippen LogP contribution in [0.25, 0.3) is 0 Å². The molecule has 4 rings (SSSR count). The number of halogens is 1. The van der Waals surface area contributed by atoms with Crippen molar-refractivity contribution in [2.24, 2.45) is 17.8 Å². The first-order chi connectivity index (χ1) is 18.5. The number of nitrogens with zero attached hydrogens (tertiary/aromatic N) is 1. The van der Waals surface area contributed by atoms with Gasteiger partial charge in [-0.3, -0.25) is 19.2 Å². The van der Waals surface area contributed by atoms with Crippen molar-refractivity contribution in [3.8, 4) is 0 Å². The Morgan fingerprint density at radius 2 is 1.87 bits per heavy atom. The summed E-state index contributed by atoms with van der Waals surface area (Å²) in [5.41, 5.74) is 0.581. The molecule has 3 N–H and O–H groups in total. The maximum Gasteiger partial charge on any atom is 0.250 e. The van der Waals surface area contributed by atoms with E-state index >= 15 is 0 Å². The largest absolute Gasteiger partial charge is 0.356 e. The van der Waals surface area contributed by atoms with Gasteiger partial charge in [-0.15, -0.1) is 0 Å². The third-order valence-electron chi connectivity index (χ3n) is 7.88. The van der Waals surface area contributed by atoms with Gasteiger partial charge >= 0.3 is 0 Å². The lowest BCUT2D eigenvalue weighted by molar-refractivity contribution is -0.142. The summed E-state index contributed by atoms with van der Waals surface area (Å²) in [4.78, 5) is 53.3. The molecule has 1 aromatic rings. The SMILES string of the molecule is CC(=O)N[C@@H](C(=O)N1C[C@H]2CCC[C@H]2[C@H]1C(=O)N[C@@H](/C=C(\F)S(C)(=O)=O)C[C@H]1CCNC1=O)c1ccccc1. The summed E-state index contributed by atoms with van der Waals surface area (Å²) in [7, 11) is -4.15. The number of carbonyl (C=O) groups excluding carboxylic acids is 4. The van der Waals surface area contributed by atoms with Gasteiger partial charge in [0, 0.05) is 32.2 Å². The summed E-state index contributed by atoms with van der Waals surface area (Å²) in [5.74, 6) is -2.13. The Hall–Kier alpha value is -3.28. The maximum absolute atomic E-state index is 14.5. The van der Waals surface area contributed by atoms with Crippen LogP contribution in [0.1, 0.15) is 50.6 Å². The molecule has 2 saturated heterocycles. The number of likely N-dealkylation sites (tertiary alicyclic amines) is 1. The van der Waals surface area contributed by atoms with Crippen LogP contribution in [0.5, 0.6) is 0 Å². The molecule has 6 atom stereocenters. The first kappa shape index (κ1) is 28.7. The molecule has 212 valence electrons. The monoisotopic (exact) mass is 562 g/mol. The van der Waals surface area contributed by atoms with E-state index in [2.05, 4.69) is 16.0 Å². The topological polar surface area (TPSA) is 142 Å². The molecule has 1 saturated carbocycles. The fourth-order valence-corrected chi connectivity index (χ4v) is 6.48. The molecule has 2 aliphatic heterocycles. The molecular formula is C27H35FN4O6S. The molecule has 0 radical (unpaired) electrons. The van der Waals surface area contributed by atoms with Crippen LogP contribution in [0, 0.1) is 17.8 Å². The minimum absolute atomic E-state index is 0.0216. The highest BCUT2D eigenvalue weighted by Gasteiger charge is 2.51. The first-order valence-corrected chi connectivity index (χ1v) is 15.1. The molecule has 12 heteroatoms. The number of nitrogens with one attached hydrogen (secondary N) is 3. The number of fused-ring (bicyclic) bond motifs is 1. The van der Waals surface area contributed by atoms with E-state index in [-0.39, 0.29) is 24.2 Å². The summed E-state index contributed by atoms with van der Waals surface area (Å²) >= 11 is 0. The molecular weight excluding hydrogens is 527 g/mol. The highest BCUT2D eigenvalue weighted by atomic mass is 32.2. The molecule has 3 fully saturated rings. The average molecular weight is 563 g/mol. The highest BCUT2D eigenvalue weighted by molar-refractivity contribution is 7.94. The minimum Gasteiger partial charge on any atom is -0.356 e. The summed E-state index contributed by atoms with van der Waals surface area (Å²) < 4.78 is 38.1. The number of sulfone groups is 1. The Labute approximate surface area is 227 Å². The van der Waals surface area contributed by atoms with Crippen LogP contribution < -0.4 is 16.0 Å². The van der Waals surface area contributed by atoms with E-state index in [1.54, 1.807) is 30.3 Å². The average Bonchev–Trinajstić information content (AvgIpc) is 3.58. The van der Waals surface area contributed by atoms with Crippen molar-refractivity contribution in [2.45, 2.75) is 57.2 Å². The van der Waals surface area contributed by atoms with E-state index in [1.807, 2.05) is 0 Å². The van der Waals surface area contributed by atoms with Crippen LogP contribution in [0.2, 0.25) is 0 Å². The van der Waals surface area contributed by atoms with Gasteiger partial charge in [0.05, 0.1) is 6.04 Å². The maximum atomic E-state index is 14.5. The Balaban J connectivity index is 1.62. The van der Waals surface area contributed by atoms with Crippen LogP contribution in [-0.2, 0) is 29.0 Å². The van der Waals surface area contributed by atoms with Crippen molar-refractivity contribution < 1.29 is 32.0 Å². The lowest BCUT2D eigenvalue weighted by atomic mass is 9.92. The Morgan fingerprint density at radius 3 is 2.49 bits per heavy atom. The number of hydrogen-bond acceptors (Lipinski definition) is 6. The molecule has 10 nitrogen and oxygen atoms in total. The molecule has 0 bridgehead atoms. The molecule has 0 aromatic heterocycles. The molecule has 3 aliphatic rings. The zero-order valence-electron chi connectivity index (χ0n) is 22.1. The fourth-order valence-electron chi connectivity index (χ4n) is 6.07. The van der Waals surface area contributed by atoms with Crippen molar-refractivity contribution in [3.05, 3.63) is 47.1 Å². The standard InChI is InChI=1S/C27H35FN4O6S/c1-16(33)30-23(17-7-4-3-5-8-17)27(36)32-15-19-9-6-10-21(19)24(32)26(35)31-20(14-22(28)39(2,37)38)13-18-11-12-29-25(18)34/h3-5,7-8,14,18-21,23-24H,6,9-13,15H2,1-2H3,(H,29,34)(H,30,33)(H,31,35)/b22-14+/t18-,19-,20-,21-,23-,24+/m1/s1. The zero-order chi connectivity index (χ0) is 28.3. The van der Waals surface area contributed by atoms with Gasteiger partial charge in [-0.05, 0) is 49.2 Å². The second-order valence-corrected chi connectivity index (χ2v) is 12.6. The molecule has 0 unspecified atom stereocenters. The molecule has 0 spiro atoms. The molecule has 39 heavy (non-hydrogen) atoms. The fraction of sp³-hybridized carbons (Fsp3) is 0.556. The van der Waals surface area contributed by atoms with Gasteiger partial charge in [0.15, 0.2) is 0 Å². The van der Waals surface area contributed by atoms with Gasteiger partial charge < -0.3 is 20.9 Å². The van der Waals surface area contributed by atoms with Gasteiger partial charge in [-0.25, -0.2) is 8.42 Å². The lowest BCUT2D eigenvalue weighted by Crippen LogP contribution is -2.53. The van der Waals surface area contributed by atoms with Crippen molar-refractivity contribution >= 4 is 33.5 Å². The lowest BCUT2D eigenvalue weighted by Gasteiger charge is -2.32. The van der Waals surface area contributed by atoms with Crippen molar-refractivity contribution in [2.75, 3.05) is 19.3 Å². The number of amides is 4. The number of hydrogen-bond donors (Lipinski definition) is 3. The van der Waals surface area contributed by atoms with Gasteiger partial charge in [-0.2, -0.15) is 4.39 Å². The van der Waals surface area contributed by atoms with E-state index in [1.165, 1.54) is 11.8 Å². The van der Waals surface area contributed by atoms with Crippen molar-refractivity contribution in [1.29, 1.82) is 0 Å². The predicted octanol–water partition coefficient (Wildman–Crippen LogP) is 1.36. The summed E-state index contributed by atoms with van der Waals surface area (Å²) in [6.45, 7) is 2.10. The van der Waals surface area contributed by atoms with E-state index in [0.717, 1.165) is 31.6 Å². The second kappa shape index (κ2) is 11.8. The molecule has 1 aliphatic carbocycles. The third kappa shape index (κ3) is 6.66. The number of carbonyl (C=O) groups is 4. The molecule has 1 aromatic carbocycles. The molecule has 2 heterocycles. The zero-order valence-corrected chi connectivity index (χ0v) is 22.9. The number of benzene rings is 1. The normalized spacial score (nSPS) is 26.5. The molecule has 4 amide bonds. The third-order valence-corrected chi connectivity index (χ3v) is 8.73. The van der Waals surface area contributed by atoms with Gasteiger partial charge in [0.25, 0.3) is 5.91 Å². The van der Waals surface area contributed by atoms with Gasteiger partial charge in [0.1, 0.15) is 12.1 Å². The van der Waals surface area contributed by atoms with Crippen LogP contribution in [-0.4, -0.2) is 68.4 Å². The Bertz CT molecular complexity index is 1250. The minimum atomic E-state index is -4.15. The van der Waals surface area contributed by atoms with E-state index < -0.39 is 56.8 Å². The van der Waals surface area contributed by atoms with E-state index in [4.69, 9.17) is 0 Å². The Kier molecular flexibility index (Phi) is 8.73. The van der Waals surface area contributed by atoms with E-state index in [0.29, 0.717) is 25.1 Å². The van der Waals surface area contributed by atoms with E-state index in [9.17, 15) is 32.0 Å². The number of rotatable bonds is 9. The first-order valence-electron chi connectivity index (χ1n) is 13.2. The van der Waals surface area contributed by atoms with Crippen LogP contribution in [0.3, 0.4) is 0 Å². The summed E-state index contributed by atoms with van der Waals surface area (Å²) in [6.07, 6.45) is 4.54. The van der Waals surface area contributed by atoms with Crippen LogP contribution in [0.15, 0.2) is 41.6 Å². The highest BCUT2D eigenvalue weighted by Crippen LogP contribution is 2.43.